The number of aromatic nitrogens is 1. The first-order valence-electron chi connectivity index (χ1n) is 6.84. The molecule has 1 unspecified atom stereocenters. The molecule has 1 atom stereocenters. The Morgan fingerprint density at radius 1 is 1.21 bits per heavy atom. The van der Waals surface area contributed by atoms with E-state index in [-0.39, 0.29) is 0 Å². The van der Waals surface area contributed by atoms with Gasteiger partial charge < -0.3 is 5.32 Å². The summed E-state index contributed by atoms with van der Waals surface area (Å²) in [6, 6.07) is 11.2. The topological polar surface area (TPSA) is 24.9 Å². The highest BCUT2D eigenvalue weighted by Crippen LogP contribution is 2.21. The summed E-state index contributed by atoms with van der Waals surface area (Å²) in [4.78, 5) is 4.24. The van der Waals surface area contributed by atoms with Gasteiger partial charge in [-0.15, -0.1) is 0 Å². The Morgan fingerprint density at radius 3 is 2.74 bits per heavy atom. The molecule has 2 nitrogen and oxygen atoms in total. The Labute approximate surface area is 115 Å². The summed E-state index contributed by atoms with van der Waals surface area (Å²) in [6.45, 7) is 4.29. The van der Waals surface area contributed by atoms with Crippen molar-refractivity contribution in [2.75, 3.05) is 7.05 Å². The summed E-state index contributed by atoms with van der Waals surface area (Å²) in [6.07, 6.45) is 6.01. The lowest BCUT2D eigenvalue weighted by atomic mass is 9.97. The summed E-state index contributed by atoms with van der Waals surface area (Å²) in [5.74, 6) is 0. The van der Waals surface area contributed by atoms with E-state index in [0.29, 0.717) is 6.04 Å². The van der Waals surface area contributed by atoms with Crippen LogP contribution in [0.25, 0.3) is 0 Å². The lowest BCUT2D eigenvalue weighted by molar-refractivity contribution is 0.545. The smallest absolute Gasteiger partial charge is 0.0338 e. The number of rotatable bonds is 5. The third kappa shape index (κ3) is 3.65. The maximum Gasteiger partial charge on any atom is 0.0338 e. The molecule has 1 N–H and O–H groups in total. The fourth-order valence-electron chi connectivity index (χ4n) is 2.48. The summed E-state index contributed by atoms with van der Waals surface area (Å²) in [5, 5.41) is 3.40. The zero-order valence-corrected chi connectivity index (χ0v) is 12.0. The molecule has 0 aliphatic rings. The first-order valence-corrected chi connectivity index (χ1v) is 6.84. The first-order chi connectivity index (χ1) is 9.20. The number of nitrogens with zero attached hydrogens (tertiary/aromatic N) is 1. The van der Waals surface area contributed by atoms with E-state index in [0.717, 1.165) is 12.8 Å². The van der Waals surface area contributed by atoms with Crippen LogP contribution in [0.3, 0.4) is 0 Å². The maximum absolute atomic E-state index is 4.24. The van der Waals surface area contributed by atoms with Crippen molar-refractivity contribution < 1.29 is 0 Å². The Morgan fingerprint density at radius 2 is 2.05 bits per heavy atom. The van der Waals surface area contributed by atoms with Crippen LogP contribution in [0.4, 0.5) is 0 Å². The van der Waals surface area contributed by atoms with Gasteiger partial charge in [0.1, 0.15) is 0 Å². The van der Waals surface area contributed by atoms with Gasteiger partial charge in [-0.1, -0.05) is 29.8 Å². The van der Waals surface area contributed by atoms with E-state index in [1.807, 2.05) is 19.4 Å². The van der Waals surface area contributed by atoms with Crippen molar-refractivity contribution in [1.82, 2.24) is 10.3 Å². The van der Waals surface area contributed by atoms with Gasteiger partial charge in [-0.2, -0.15) is 0 Å². The number of benzene rings is 1. The molecule has 2 rings (SSSR count). The first kappa shape index (κ1) is 13.8. The minimum atomic E-state index is 0.370. The largest absolute Gasteiger partial charge is 0.313 e. The molecule has 0 radical (unpaired) electrons. The van der Waals surface area contributed by atoms with Crippen LogP contribution in [0.2, 0.25) is 0 Å². The number of nitrogens with one attached hydrogen (secondary N) is 1. The second-order valence-corrected chi connectivity index (χ2v) is 5.10. The lowest BCUT2D eigenvalue weighted by Gasteiger charge is -2.18. The van der Waals surface area contributed by atoms with Crippen LogP contribution >= 0.6 is 0 Å². The summed E-state index contributed by atoms with van der Waals surface area (Å²) in [7, 11) is 2.02. The Kier molecular flexibility index (Phi) is 4.69. The van der Waals surface area contributed by atoms with Crippen LogP contribution in [0.15, 0.2) is 42.7 Å². The van der Waals surface area contributed by atoms with Crippen molar-refractivity contribution in [3.8, 4) is 0 Å². The zero-order chi connectivity index (χ0) is 13.7. The molecule has 0 aliphatic carbocycles. The minimum Gasteiger partial charge on any atom is -0.313 e. The third-order valence-electron chi connectivity index (χ3n) is 3.61. The monoisotopic (exact) mass is 254 g/mol. The fraction of sp³-hybridized carbons (Fsp3) is 0.353. The van der Waals surface area contributed by atoms with Gasteiger partial charge in [0.05, 0.1) is 0 Å². The van der Waals surface area contributed by atoms with Crippen LogP contribution in [-0.4, -0.2) is 12.0 Å². The summed E-state index contributed by atoms with van der Waals surface area (Å²) >= 11 is 0. The zero-order valence-electron chi connectivity index (χ0n) is 12.0. The van der Waals surface area contributed by atoms with E-state index in [1.54, 1.807) is 0 Å². The predicted molar refractivity (Wildman–Crippen MR) is 80.3 cm³/mol. The van der Waals surface area contributed by atoms with Crippen LogP contribution in [0.5, 0.6) is 0 Å². The Hall–Kier alpha value is -1.67. The molecule has 1 aromatic carbocycles. The second kappa shape index (κ2) is 6.48. The van der Waals surface area contributed by atoms with Crippen molar-refractivity contribution in [3.05, 3.63) is 65.0 Å². The molecular weight excluding hydrogens is 232 g/mol. The van der Waals surface area contributed by atoms with Gasteiger partial charge in [0.15, 0.2) is 0 Å². The molecule has 0 fully saturated rings. The molecule has 0 spiro atoms. The van der Waals surface area contributed by atoms with Crippen molar-refractivity contribution in [1.29, 1.82) is 0 Å². The van der Waals surface area contributed by atoms with Gasteiger partial charge >= 0.3 is 0 Å². The second-order valence-electron chi connectivity index (χ2n) is 5.10. The quantitative estimate of drug-likeness (QED) is 0.882. The molecule has 19 heavy (non-hydrogen) atoms. The Bertz CT molecular complexity index is 534. The molecule has 0 bridgehead atoms. The highest BCUT2D eigenvalue weighted by molar-refractivity contribution is 5.26. The van der Waals surface area contributed by atoms with Gasteiger partial charge in [-0.05, 0) is 56.5 Å². The summed E-state index contributed by atoms with van der Waals surface area (Å²) < 4.78 is 0. The Balaban J connectivity index is 2.06. The van der Waals surface area contributed by atoms with Crippen molar-refractivity contribution in [2.45, 2.75) is 32.7 Å². The van der Waals surface area contributed by atoms with E-state index in [9.17, 15) is 0 Å². The van der Waals surface area contributed by atoms with Gasteiger partial charge in [-0.3, -0.25) is 4.98 Å². The average molecular weight is 254 g/mol. The van der Waals surface area contributed by atoms with Crippen molar-refractivity contribution in [3.63, 3.8) is 0 Å². The highest BCUT2D eigenvalue weighted by Gasteiger charge is 2.11. The predicted octanol–water partition coefficient (Wildman–Crippen LogP) is 3.59. The third-order valence-corrected chi connectivity index (χ3v) is 3.61. The van der Waals surface area contributed by atoms with Crippen LogP contribution in [-0.2, 0) is 6.42 Å². The average Bonchev–Trinajstić information content (AvgIpc) is 2.41. The molecule has 2 heteroatoms. The molecule has 0 saturated heterocycles. The fourth-order valence-corrected chi connectivity index (χ4v) is 2.48. The van der Waals surface area contributed by atoms with Crippen molar-refractivity contribution in [2.24, 2.45) is 0 Å². The normalized spacial score (nSPS) is 12.4. The van der Waals surface area contributed by atoms with Gasteiger partial charge in [-0.25, -0.2) is 0 Å². The lowest BCUT2D eigenvalue weighted by Crippen LogP contribution is -2.18. The standard InChI is InChI=1S/C17H22N2/c1-13-5-4-6-15(11-13)7-8-17(18-3)16-12-19-10-9-14(16)2/h4-6,9-12,17-18H,7-8H2,1-3H3. The highest BCUT2D eigenvalue weighted by atomic mass is 14.9. The number of aryl methyl sites for hydroxylation is 3. The molecule has 2 aromatic rings. The molecule has 0 amide bonds. The van der Waals surface area contributed by atoms with Gasteiger partial charge in [0.2, 0.25) is 0 Å². The molecule has 0 saturated carbocycles. The molecule has 100 valence electrons. The van der Waals surface area contributed by atoms with Crippen LogP contribution < -0.4 is 5.32 Å². The molecule has 0 aliphatic heterocycles. The van der Waals surface area contributed by atoms with Gasteiger partial charge in [0.25, 0.3) is 0 Å². The number of hydrogen-bond acceptors (Lipinski definition) is 2. The SMILES string of the molecule is CNC(CCc1cccc(C)c1)c1cnccc1C. The molecular formula is C17H22N2. The molecule has 1 aromatic heterocycles. The van der Waals surface area contributed by atoms with Crippen LogP contribution in [0.1, 0.15) is 34.7 Å². The van der Waals surface area contributed by atoms with Crippen LogP contribution in [0, 0.1) is 13.8 Å². The minimum absolute atomic E-state index is 0.370. The van der Waals surface area contributed by atoms with E-state index in [1.165, 1.54) is 22.3 Å². The van der Waals surface area contributed by atoms with Crippen molar-refractivity contribution >= 4 is 0 Å². The van der Waals surface area contributed by atoms with Gasteiger partial charge in [0, 0.05) is 18.4 Å². The summed E-state index contributed by atoms with van der Waals surface area (Å²) in [5.41, 5.74) is 5.34. The van der Waals surface area contributed by atoms with E-state index < -0.39 is 0 Å². The number of pyridine rings is 1. The maximum atomic E-state index is 4.24. The van der Waals surface area contributed by atoms with E-state index in [2.05, 4.69) is 54.5 Å². The van der Waals surface area contributed by atoms with E-state index >= 15 is 0 Å². The number of hydrogen-bond donors (Lipinski definition) is 1. The van der Waals surface area contributed by atoms with E-state index in [4.69, 9.17) is 0 Å². The molecule has 1 heterocycles.